The van der Waals surface area contributed by atoms with Crippen molar-refractivity contribution < 1.29 is 14.6 Å². The number of hydrogen-bond donors (Lipinski definition) is 2. The zero-order valence-electron chi connectivity index (χ0n) is 8.29. The molecule has 0 heterocycles. The molecule has 0 spiro atoms. The number of alkyl halides is 1. The third kappa shape index (κ3) is 3.58. The zero-order valence-corrected chi connectivity index (χ0v) is 10.4. The molecular weight excluding hydrogens is 309 g/mol. The van der Waals surface area contributed by atoms with E-state index in [1.807, 2.05) is 22.6 Å². The average molecular weight is 321 g/mol. The highest BCUT2D eigenvalue weighted by atomic mass is 127. The molecule has 15 heavy (non-hydrogen) atoms. The number of nitrogens with one attached hydrogen (secondary N) is 1. The Kier molecular flexibility index (Phi) is 4.67. The number of phenolic OH excluding ortho intramolecular Hbond substituents is 1. The lowest BCUT2D eigenvalue weighted by Gasteiger charge is -2.07. The third-order valence-electron chi connectivity index (χ3n) is 1.86. The number of halogens is 1. The summed E-state index contributed by atoms with van der Waals surface area (Å²) >= 11 is 2.00. The number of amides is 1. The van der Waals surface area contributed by atoms with Crippen molar-refractivity contribution in [3.05, 3.63) is 23.8 Å². The van der Waals surface area contributed by atoms with Crippen molar-refractivity contribution in [1.82, 2.24) is 5.32 Å². The number of carbonyl (C=O) groups excluding carboxylic acids is 1. The molecule has 0 aliphatic heterocycles. The van der Waals surface area contributed by atoms with Gasteiger partial charge in [-0.2, -0.15) is 0 Å². The largest absolute Gasteiger partial charge is 0.504 e. The van der Waals surface area contributed by atoms with Crippen LogP contribution < -0.4 is 10.1 Å². The Morgan fingerprint density at radius 1 is 1.60 bits per heavy atom. The summed E-state index contributed by atoms with van der Waals surface area (Å²) in [5.41, 5.74) is 0.892. The SMILES string of the molecule is COc1cc(CNC(=O)CI)ccc1O. The lowest BCUT2D eigenvalue weighted by atomic mass is 10.2. The van der Waals surface area contributed by atoms with Crippen LogP contribution in [-0.2, 0) is 11.3 Å². The lowest BCUT2D eigenvalue weighted by molar-refractivity contribution is -0.118. The minimum atomic E-state index is -0.0114. The molecule has 2 N–H and O–H groups in total. The molecule has 5 heteroatoms. The molecule has 0 unspecified atom stereocenters. The fraction of sp³-hybridized carbons (Fsp3) is 0.300. The van der Waals surface area contributed by atoms with Gasteiger partial charge in [-0.3, -0.25) is 4.79 Å². The normalized spacial score (nSPS) is 9.73. The lowest BCUT2D eigenvalue weighted by Crippen LogP contribution is -2.23. The van der Waals surface area contributed by atoms with E-state index in [0.29, 0.717) is 16.7 Å². The van der Waals surface area contributed by atoms with Gasteiger partial charge in [-0.05, 0) is 17.7 Å². The van der Waals surface area contributed by atoms with E-state index in [1.54, 1.807) is 18.2 Å². The fourth-order valence-corrected chi connectivity index (χ4v) is 1.35. The summed E-state index contributed by atoms with van der Waals surface area (Å²) in [4.78, 5) is 11.0. The highest BCUT2D eigenvalue weighted by molar-refractivity contribution is 14.1. The topological polar surface area (TPSA) is 58.6 Å². The van der Waals surface area contributed by atoms with Crippen LogP contribution in [0.2, 0.25) is 0 Å². The van der Waals surface area contributed by atoms with E-state index in [-0.39, 0.29) is 11.7 Å². The first-order valence-corrected chi connectivity index (χ1v) is 5.88. The Balaban J connectivity index is 2.66. The first-order valence-electron chi connectivity index (χ1n) is 4.36. The summed E-state index contributed by atoms with van der Waals surface area (Å²) < 4.78 is 5.39. The highest BCUT2D eigenvalue weighted by Gasteiger charge is 2.03. The van der Waals surface area contributed by atoms with Gasteiger partial charge in [-0.25, -0.2) is 0 Å². The number of phenols is 1. The molecule has 1 aromatic rings. The van der Waals surface area contributed by atoms with Gasteiger partial charge in [0.1, 0.15) is 0 Å². The Morgan fingerprint density at radius 2 is 2.33 bits per heavy atom. The summed E-state index contributed by atoms with van der Waals surface area (Å²) in [5.74, 6) is 0.500. The van der Waals surface area contributed by atoms with Gasteiger partial charge in [0.15, 0.2) is 11.5 Å². The van der Waals surface area contributed by atoms with Crippen molar-refractivity contribution in [2.24, 2.45) is 0 Å². The van der Waals surface area contributed by atoms with Crippen molar-refractivity contribution in [2.45, 2.75) is 6.54 Å². The van der Waals surface area contributed by atoms with Gasteiger partial charge in [0, 0.05) is 6.54 Å². The fourth-order valence-electron chi connectivity index (χ4n) is 1.08. The van der Waals surface area contributed by atoms with Crippen LogP contribution in [0.1, 0.15) is 5.56 Å². The number of aromatic hydroxyl groups is 1. The van der Waals surface area contributed by atoms with E-state index in [2.05, 4.69) is 5.32 Å². The smallest absolute Gasteiger partial charge is 0.230 e. The molecule has 0 atom stereocenters. The summed E-state index contributed by atoms with van der Waals surface area (Å²) in [5, 5.41) is 12.1. The van der Waals surface area contributed by atoms with Crippen molar-refractivity contribution in [2.75, 3.05) is 11.5 Å². The second-order valence-corrected chi connectivity index (χ2v) is 3.68. The van der Waals surface area contributed by atoms with Crippen molar-refractivity contribution in [3.8, 4) is 11.5 Å². The van der Waals surface area contributed by atoms with Crippen LogP contribution in [0.4, 0.5) is 0 Å². The van der Waals surface area contributed by atoms with E-state index in [0.717, 1.165) is 5.56 Å². The van der Waals surface area contributed by atoms with Crippen LogP contribution in [0.5, 0.6) is 11.5 Å². The molecule has 0 bridgehead atoms. The number of methoxy groups -OCH3 is 1. The van der Waals surface area contributed by atoms with E-state index >= 15 is 0 Å². The molecule has 4 nitrogen and oxygen atoms in total. The van der Waals surface area contributed by atoms with Crippen LogP contribution >= 0.6 is 22.6 Å². The van der Waals surface area contributed by atoms with Gasteiger partial charge < -0.3 is 15.2 Å². The summed E-state index contributed by atoms with van der Waals surface area (Å²) in [6, 6.07) is 4.98. The molecule has 1 aromatic carbocycles. The number of ether oxygens (including phenoxy) is 1. The maximum atomic E-state index is 11.0. The van der Waals surface area contributed by atoms with E-state index in [4.69, 9.17) is 4.74 Å². The molecule has 0 saturated carbocycles. The quantitative estimate of drug-likeness (QED) is 0.652. The van der Waals surface area contributed by atoms with Crippen LogP contribution in [0.3, 0.4) is 0 Å². The Morgan fingerprint density at radius 3 is 2.93 bits per heavy atom. The Bertz CT molecular complexity index is 355. The minimum Gasteiger partial charge on any atom is -0.504 e. The summed E-state index contributed by atoms with van der Waals surface area (Å²) in [6.07, 6.45) is 0. The van der Waals surface area contributed by atoms with Gasteiger partial charge >= 0.3 is 0 Å². The zero-order chi connectivity index (χ0) is 11.3. The third-order valence-corrected chi connectivity index (χ3v) is 2.55. The van der Waals surface area contributed by atoms with E-state index in [9.17, 15) is 9.90 Å². The van der Waals surface area contributed by atoms with Crippen molar-refractivity contribution in [1.29, 1.82) is 0 Å². The molecule has 82 valence electrons. The molecule has 1 amide bonds. The molecule has 0 aliphatic rings. The van der Waals surface area contributed by atoms with Crippen LogP contribution in [0.25, 0.3) is 0 Å². The first-order chi connectivity index (χ1) is 7.17. The molecule has 0 fully saturated rings. The monoisotopic (exact) mass is 321 g/mol. The van der Waals surface area contributed by atoms with Gasteiger partial charge in [0.2, 0.25) is 5.91 Å². The van der Waals surface area contributed by atoms with Gasteiger partial charge in [-0.15, -0.1) is 0 Å². The van der Waals surface area contributed by atoms with Gasteiger partial charge in [-0.1, -0.05) is 28.7 Å². The number of rotatable bonds is 4. The van der Waals surface area contributed by atoms with Gasteiger partial charge in [0.05, 0.1) is 11.5 Å². The minimum absolute atomic E-state index is 0.0114. The van der Waals surface area contributed by atoms with E-state index < -0.39 is 0 Å². The number of carbonyl (C=O) groups is 1. The number of benzene rings is 1. The molecular formula is C10H12INO3. The molecule has 1 rings (SSSR count). The predicted molar refractivity (Wildman–Crippen MR) is 65.4 cm³/mol. The maximum absolute atomic E-state index is 11.0. The molecule has 0 saturated heterocycles. The van der Waals surface area contributed by atoms with Crippen molar-refractivity contribution in [3.63, 3.8) is 0 Å². The first kappa shape index (κ1) is 12.1. The Labute approximate surface area is 102 Å². The second kappa shape index (κ2) is 5.79. The molecule has 0 radical (unpaired) electrons. The van der Waals surface area contributed by atoms with Crippen LogP contribution in [0, 0.1) is 0 Å². The highest BCUT2D eigenvalue weighted by Crippen LogP contribution is 2.25. The standard InChI is InChI=1S/C10H12INO3/c1-15-9-4-7(2-3-8(9)13)6-12-10(14)5-11/h2-4,13H,5-6H2,1H3,(H,12,14). The molecule has 0 aromatic heterocycles. The average Bonchev–Trinajstić information content (AvgIpc) is 2.27. The summed E-state index contributed by atoms with van der Waals surface area (Å²) in [6.45, 7) is 0.443. The van der Waals surface area contributed by atoms with E-state index in [1.165, 1.54) is 7.11 Å². The Hall–Kier alpha value is -0.980. The predicted octanol–water partition coefficient (Wildman–Crippen LogP) is 1.45. The van der Waals surface area contributed by atoms with Crippen LogP contribution in [0.15, 0.2) is 18.2 Å². The number of hydrogen-bond acceptors (Lipinski definition) is 3. The van der Waals surface area contributed by atoms with Crippen molar-refractivity contribution >= 4 is 28.5 Å². The molecule has 0 aliphatic carbocycles. The van der Waals surface area contributed by atoms with Crippen LogP contribution in [-0.4, -0.2) is 22.6 Å². The van der Waals surface area contributed by atoms with Gasteiger partial charge in [0.25, 0.3) is 0 Å². The second-order valence-electron chi connectivity index (χ2n) is 2.92. The summed E-state index contributed by atoms with van der Waals surface area (Å²) in [7, 11) is 1.49. The maximum Gasteiger partial charge on any atom is 0.230 e.